The summed E-state index contributed by atoms with van der Waals surface area (Å²) in [6.07, 6.45) is 5.21. The van der Waals surface area contributed by atoms with Crippen LogP contribution in [0.25, 0.3) is 5.69 Å². The Morgan fingerprint density at radius 2 is 2.08 bits per heavy atom. The van der Waals surface area contributed by atoms with Crippen molar-refractivity contribution in [1.82, 2.24) is 15.1 Å². The Bertz CT molecular complexity index is 702. The van der Waals surface area contributed by atoms with Gasteiger partial charge in [0.15, 0.2) is 0 Å². The van der Waals surface area contributed by atoms with E-state index in [1.165, 1.54) is 12.1 Å². The first-order chi connectivity index (χ1) is 11.3. The molecule has 0 saturated heterocycles. The average molecular weight is 331 g/mol. The van der Waals surface area contributed by atoms with E-state index in [0.29, 0.717) is 6.42 Å². The maximum absolute atomic E-state index is 13.0. The SMILES string of the molecule is C=CCC(NC(=O)OC(C)(C)C)c1cnn(-c2ccc(F)cc2)c1. The van der Waals surface area contributed by atoms with Crippen molar-refractivity contribution in [3.63, 3.8) is 0 Å². The van der Waals surface area contributed by atoms with Gasteiger partial charge in [0.2, 0.25) is 0 Å². The standard InChI is InChI=1S/C18H22FN3O2/c1-5-6-16(21-17(23)24-18(2,3)4)13-11-20-22(12-13)15-9-7-14(19)8-10-15/h5,7-12,16H,1,6H2,2-4H3,(H,21,23). The van der Waals surface area contributed by atoms with Crippen molar-refractivity contribution < 1.29 is 13.9 Å². The molecule has 0 radical (unpaired) electrons. The van der Waals surface area contributed by atoms with E-state index in [4.69, 9.17) is 4.74 Å². The van der Waals surface area contributed by atoms with E-state index in [0.717, 1.165) is 11.3 Å². The van der Waals surface area contributed by atoms with Gasteiger partial charge in [0.25, 0.3) is 0 Å². The van der Waals surface area contributed by atoms with Crippen LogP contribution in [0.2, 0.25) is 0 Å². The molecular weight excluding hydrogens is 309 g/mol. The van der Waals surface area contributed by atoms with Gasteiger partial charge in [0.05, 0.1) is 17.9 Å². The maximum atomic E-state index is 13.0. The van der Waals surface area contributed by atoms with Crippen LogP contribution in [-0.2, 0) is 4.74 Å². The average Bonchev–Trinajstić information content (AvgIpc) is 2.95. The zero-order valence-corrected chi connectivity index (χ0v) is 14.1. The number of nitrogens with zero attached hydrogens (tertiary/aromatic N) is 2. The highest BCUT2D eigenvalue weighted by Crippen LogP contribution is 2.19. The Labute approximate surface area is 141 Å². The summed E-state index contributed by atoms with van der Waals surface area (Å²) in [5.74, 6) is -0.303. The van der Waals surface area contributed by atoms with E-state index in [1.807, 2.05) is 20.8 Å². The molecule has 2 aromatic rings. The summed E-state index contributed by atoms with van der Waals surface area (Å²) in [6.45, 7) is 9.14. The molecule has 128 valence electrons. The van der Waals surface area contributed by atoms with Gasteiger partial charge in [-0.15, -0.1) is 6.58 Å². The number of hydrogen-bond donors (Lipinski definition) is 1. The number of rotatable bonds is 5. The van der Waals surface area contributed by atoms with Gasteiger partial charge in [0.1, 0.15) is 11.4 Å². The summed E-state index contributed by atoms with van der Waals surface area (Å²) in [7, 11) is 0. The molecular formula is C18H22FN3O2. The molecule has 1 heterocycles. The predicted molar refractivity (Wildman–Crippen MR) is 90.4 cm³/mol. The predicted octanol–water partition coefficient (Wildman–Crippen LogP) is 4.15. The summed E-state index contributed by atoms with van der Waals surface area (Å²) in [6, 6.07) is 5.71. The van der Waals surface area contributed by atoms with Gasteiger partial charge in [0, 0.05) is 11.8 Å². The van der Waals surface area contributed by atoms with Gasteiger partial charge in [-0.2, -0.15) is 5.10 Å². The van der Waals surface area contributed by atoms with Crippen molar-refractivity contribution in [3.8, 4) is 5.69 Å². The molecule has 0 aliphatic rings. The Balaban J connectivity index is 2.15. The number of ether oxygens (including phenoxy) is 1. The molecule has 0 aliphatic carbocycles. The third-order valence-electron chi connectivity index (χ3n) is 3.19. The minimum atomic E-state index is -0.568. The first-order valence-electron chi connectivity index (χ1n) is 7.69. The normalized spacial score (nSPS) is 12.5. The second kappa shape index (κ2) is 7.29. The van der Waals surface area contributed by atoms with Crippen LogP contribution in [0.3, 0.4) is 0 Å². The smallest absolute Gasteiger partial charge is 0.408 e. The van der Waals surface area contributed by atoms with Crippen molar-refractivity contribution in [2.75, 3.05) is 0 Å². The molecule has 1 unspecified atom stereocenters. The molecule has 1 aromatic carbocycles. The summed E-state index contributed by atoms with van der Waals surface area (Å²) in [4.78, 5) is 12.0. The second-order valence-corrected chi connectivity index (χ2v) is 6.42. The largest absolute Gasteiger partial charge is 0.444 e. The molecule has 1 atom stereocenters. The first kappa shape index (κ1) is 17.7. The van der Waals surface area contributed by atoms with Crippen molar-refractivity contribution in [1.29, 1.82) is 0 Å². The van der Waals surface area contributed by atoms with E-state index < -0.39 is 11.7 Å². The number of hydrogen-bond acceptors (Lipinski definition) is 3. The van der Waals surface area contributed by atoms with Crippen LogP contribution in [0.4, 0.5) is 9.18 Å². The number of nitrogens with one attached hydrogen (secondary N) is 1. The van der Waals surface area contributed by atoms with E-state index in [-0.39, 0.29) is 11.9 Å². The van der Waals surface area contributed by atoms with Crippen molar-refractivity contribution in [3.05, 3.63) is 60.7 Å². The van der Waals surface area contributed by atoms with Crippen molar-refractivity contribution in [2.24, 2.45) is 0 Å². The second-order valence-electron chi connectivity index (χ2n) is 6.42. The highest BCUT2D eigenvalue weighted by Gasteiger charge is 2.21. The summed E-state index contributed by atoms with van der Waals surface area (Å²) in [5, 5.41) is 7.09. The Kier molecular flexibility index (Phi) is 5.39. The molecule has 0 bridgehead atoms. The number of alkyl carbamates (subject to hydrolysis) is 1. The van der Waals surface area contributed by atoms with Crippen LogP contribution in [0, 0.1) is 5.82 Å². The number of carbonyl (C=O) groups excluding carboxylic acids is 1. The van der Waals surface area contributed by atoms with E-state index >= 15 is 0 Å². The molecule has 5 nitrogen and oxygen atoms in total. The van der Waals surface area contributed by atoms with Crippen LogP contribution in [0.5, 0.6) is 0 Å². The third kappa shape index (κ3) is 4.94. The van der Waals surface area contributed by atoms with Gasteiger partial charge in [-0.3, -0.25) is 0 Å². The van der Waals surface area contributed by atoms with Crippen LogP contribution in [-0.4, -0.2) is 21.5 Å². The van der Waals surface area contributed by atoms with E-state index in [9.17, 15) is 9.18 Å². The number of benzene rings is 1. The number of amides is 1. The maximum Gasteiger partial charge on any atom is 0.408 e. The molecule has 1 amide bonds. The molecule has 1 aromatic heterocycles. The van der Waals surface area contributed by atoms with Crippen LogP contribution >= 0.6 is 0 Å². The lowest BCUT2D eigenvalue weighted by Gasteiger charge is -2.22. The van der Waals surface area contributed by atoms with Gasteiger partial charge < -0.3 is 10.1 Å². The Morgan fingerprint density at radius 1 is 1.42 bits per heavy atom. The van der Waals surface area contributed by atoms with Gasteiger partial charge in [-0.25, -0.2) is 13.9 Å². The number of carbonyl (C=O) groups is 1. The highest BCUT2D eigenvalue weighted by molar-refractivity contribution is 5.68. The molecule has 0 spiro atoms. The Morgan fingerprint density at radius 3 is 2.67 bits per heavy atom. The minimum Gasteiger partial charge on any atom is -0.444 e. The topological polar surface area (TPSA) is 56.1 Å². The quantitative estimate of drug-likeness (QED) is 0.837. The zero-order valence-electron chi connectivity index (χ0n) is 14.1. The number of halogens is 1. The lowest BCUT2D eigenvalue weighted by atomic mass is 10.1. The van der Waals surface area contributed by atoms with Gasteiger partial charge in [-0.05, 0) is 51.5 Å². The molecule has 2 rings (SSSR count). The monoisotopic (exact) mass is 331 g/mol. The van der Waals surface area contributed by atoms with Gasteiger partial charge in [-0.1, -0.05) is 6.08 Å². The zero-order chi connectivity index (χ0) is 17.7. The van der Waals surface area contributed by atoms with E-state index in [2.05, 4.69) is 17.0 Å². The van der Waals surface area contributed by atoms with Crippen LogP contribution < -0.4 is 5.32 Å². The Hall–Kier alpha value is -2.63. The summed E-state index contributed by atoms with van der Waals surface area (Å²) < 4.78 is 19.9. The third-order valence-corrected chi connectivity index (χ3v) is 3.19. The fourth-order valence-electron chi connectivity index (χ4n) is 2.15. The van der Waals surface area contributed by atoms with Crippen LogP contribution in [0.1, 0.15) is 38.8 Å². The van der Waals surface area contributed by atoms with Crippen LogP contribution in [0.15, 0.2) is 49.3 Å². The van der Waals surface area contributed by atoms with Crippen molar-refractivity contribution in [2.45, 2.75) is 38.8 Å². The molecule has 6 heteroatoms. The molecule has 0 fully saturated rings. The lowest BCUT2D eigenvalue weighted by molar-refractivity contribution is 0.0504. The number of aromatic nitrogens is 2. The summed E-state index contributed by atoms with van der Waals surface area (Å²) >= 11 is 0. The van der Waals surface area contributed by atoms with Crippen molar-refractivity contribution >= 4 is 6.09 Å². The first-order valence-corrected chi connectivity index (χ1v) is 7.69. The summed E-state index contributed by atoms with van der Waals surface area (Å²) in [5.41, 5.74) is 0.975. The fourth-order valence-corrected chi connectivity index (χ4v) is 2.15. The molecule has 0 saturated carbocycles. The van der Waals surface area contributed by atoms with Gasteiger partial charge >= 0.3 is 6.09 Å². The molecule has 0 aliphatic heterocycles. The molecule has 24 heavy (non-hydrogen) atoms. The fraction of sp³-hybridized carbons (Fsp3) is 0.333. The lowest BCUT2D eigenvalue weighted by Crippen LogP contribution is -2.34. The van der Waals surface area contributed by atoms with E-state index in [1.54, 1.807) is 35.3 Å². The minimum absolute atomic E-state index is 0.299. The highest BCUT2D eigenvalue weighted by atomic mass is 19.1. The molecule has 1 N–H and O–H groups in total.